The van der Waals surface area contributed by atoms with Crippen LogP contribution in [-0.2, 0) is 47.9 Å². The van der Waals surface area contributed by atoms with Gasteiger partial charge in [0.1, 0.15) is 41.5 Å². The second kappa shape index (κ2) is 67.7. The van der Waals surface area contributed by atoms with Crippen LogP contribution in [0.15, 0.2) is 111 Å². The number of aromatic amines is 2. The van der Waals surface area contributed by atoms with E-state index >= 15 is 0 Å². The van der Waals surface area contributed by atoms with E-state index in [1.165, 1.54) is 178 Å². The number of carbonyl (C=O) groups is 10. The van der Waals surface area contributed by atoms with E-state index in [1.807, 2.05) is 111 Å². The SMILES string of the molecule is CC(=O)C(Cl)C(=O)Nc1cc(NC(=O)CCCOc2ccc(C)cc2C)ccc1Cl.CCCCSCCCCCC(=O)Nc1ncnc2c1ncn2C(C(C)=O)C(=O)Nc1cc(NC(=O)CCCOc2ccc(C)cc2C)ccc1Cl.CCCCSCCCCCC(=O)Nc1ncnc2nc[nH]c12.CCCCSCCCCCC(=O)Nc1ncnc2nc[nH]c12.CCCCSCCCCCC(=O)O. The quantitative estimate of drug-likeness (QED) is 0.00961. The number of Topliss-reactive ketones (excluding diaryl/α,β-unsaturated/α-hetero) is 2. The molecule has 0 aliphatic rings. The molecule has 0 aliphatic heterocycles. The second-order valence-corrected chi connectivity index (χ2v) is 38.9. The van der Waals surface area contributed by atoms with Crippen LogP contribution in [0.5, 0.6) is 11.5 Å². The van der Waals surface area contributed by atoms with E-state index in [4.69, 9.17) is 49.4 Å². The number of carboxylic acid groups (broad SMARTS) is 1. The predicted molar refractivity (Wildman–Crippen MR) is 564 cm³/mol. The highest BCUT2D eigenvalue weighted by Crippen LogP contribution is 2.32. The number of fused-ring (bicyclic) bond motifs is 3. The molecule has 0 saturated heterocycles. The van der Waals surface area contributed by atoms with Gasteiger partial charge in [0, 0.05) is 49.9 Å². The number of imidazole rings is 3. The molecule has 0 aliphatic carbocycles. The molecule has 39 heteroatoms. The second-order valence-electron chi connectivity index (χ2n) is 32.7. The van der Waals surface area contributed by atoms with E-state index in [9.17, 15) is 47.9 Å². The molecule has 4 aromatic carbocycles. The van der Waals surface area contributed by atoms with E-state index in [-0.39, 0.29) is 80.8 Å². The maximum Gasteiger partial charge on any atom is 0.303 e. The molecule has 6 heterocycles. The number of alkyl halides is 1. The summed E-state index contributed by atoms with van der Waals surface area (Å²) in [6.07, 6.45) is 34.1. The number of amides is 7. The molecule has 10 N–H and O–H groups in total. The molecule has 10 rings (SSSR count). The lowest BCUT2D eigenvalue weighted by atomic mass is 10.1. The number of anilines is 7. The molecule has 0 fully saturated rings. The van der Waals surface area contributed by atoms with Crippen molar-refractivity contribution in [3.8, 4) is 11.5 Å². The number of carboxylic acids is 1. The van der Waals surface area contributed by atoms with Gasteiger partial charge in [0.05, 0.1) is 53.6 Å². The van der Waals surface area contributed by atoms with Gasteiger partial charge in [0.25, 0.3) is 5.91 Å². The molecular formula is C99H136Cl3N19O13S4. The number of aliphatic carboxylic acids is 1. The largest absolute Gasteiger partial charge is 0.493 e. The maximum atomic E-state index is 13.6. The Bertz CT molecular complexity index is 5340. The normalized spacial score (nSPS) is 11.3. The number of aryl methyl sites for hydroxylation is 4. The minimum absolute atomic E-state index is 0.00626. The topological polar surface area (TPSA) is 446 Å². The lowest BCUT2D eigenvalue weighted by Gasteiger charge is -2.17. The Labute approximate surface area is 841 Å². The summed E-state index contributed by atoms with van der Waals surface area (Å²) in [6, 6.07) is 19.9. The molecule has 10 aromatic rings. The Morgan fingerprint density at radius 1 is 0.399 bits per heavy atom. The van der Waals surface area contributed by atoms with Gasteiger partial charge in [0.2, 0.25) is 35.4 Å². The molecule has 0 radical (unpaired) electrons. The van der Waals surface area contributed by atoms with Crippen molar-refractivity contribution in [1.29, 1.82) is 0 Å². The Balaban J connectivity index is 0.000000286. The standard InChI is InChI=1S/C37H46ClN7O5S.C22H24Cl2N2O4.2C15H23N5OS.C10H20O2S/c1-5-6-18-51-19-9-7-8-11-32(48)44-35-33-36(40-22-39-35)45(23-41-33)34(26(4)46)37(49)43-29-21-27(14-15-28(29)38)42-31(47)12-10-17-50-30-16-13-24(2)20-25(30)3;1-13-6-9-19(14(2)11-13)30-10-4-5-20(28)25-16-7-8-17(23)18(12-16)26-22(29)21(24)15(3)27;2*1-2-3-8-22-9-6-4-5-7-12(21)20-15-13-14(17-10-16-13)18-11-19-15;1-2-3-8-13-9-6-4-5-7-10(11)12/h13-16,20-23,34H,5-12,17-19H2,1-4H3,(H,42,47)(H,43,49)(H,39,40,44,48);6-9,11-12,21H,4-5,10H2,1-3H3,(H,25,28)(H,26,29);2*10-11H,2-9H2,1H3,(H2,16,17,18,19,20,21);2-9H2,1H3,(H,11,12). The number of nitrogens with zero attached hydrogens (tertiary/aromatic N) is 10. The van der Waals surface area contributed by atoms with Gasteiger partial charge in [-0.25, -0.2) is 44.9 Å². The number of rotatable bonds is 58. The summed E-state index contributed by atoms with van der Waals surface area (Å²) in [4.78, 5) is 164. The fourth-order valence-electron chi connectivity index (χ4n) is 13.2. The van der Waals surface area contributed by atoms with E-state index in [2.05, 4.69) is 120 Å². The van der Waals surface area contributed by atoms with Gasteiger partial charge in [-0.05, 0) is 237 Å². The van der Waals surface area contributed by atoms with E-state index in [1.54, 1.807) is 30.9 Å². The lowest BCUT2D eigenvalue weighted by molar-refractivity contribution is -0.137. The van der Waals surface area contributed by atoms with Gasteiger partial charge in [-0.15, -0.1) is 11.6 Å². The number of thioether (sulfide) groups is 4. The number of ketones is 2. The van der Waals surface area contributed by atoms with Crippen LogP contribution in [0.1, 0.15) is 250 Å². The van der Waals surface area contributed by atoms with Crippen molar-refractivity contribution in [3.05, 3.63) is 143 Å². The van der Waals surface area contributed by atoms with Gasteiger partial charge in [-0.3, -0.25) is 52.5 Å². The molecule has 2 unspecified atom stereocenters. The first-order valence-corrected chi connectivity index (χ1v) is 53.2. The highest BCUT2D eigenvalue weighted by atomic mass is 35.5. The fraction of sp³-hybridized carbons (Fsp3) is 0.505. The third kappa shape index (κ3) is 45.6. The molecular weight excluding hydrogens is 1900 g/mol. The summed E-state index contributed by atoms with van der Waals surface area (Å²) in [7, 11) is 0. The number of nitrogens with one attached hydrogen (secondary N) is 9. The third-order valence-electron chi connectivity index (χ3n) is 20.7. The summed E-state index contributed by atoms with van der Waals surface area (Å²) in [6.45, 7) is 20.1. The monoisotopic (exact) mass is 2030 g/mol. The summed E-state index contributed by atoms with van der Waals surface area (Å²) in [5.41, 5.74) is 8.67. The van der Waals surface area contributed by atoms with Crippen LogP contribution in [0.2, 0.25) is 10.0 Å². The Hall–Kier alpha value is -10.5. The molecule has 2 atom stereocenters. The van der Waals surface area contributed by atoms with Gasteiger partial charge in [0.15, 0.2) is 62.9 Å². The number of aromatic nitrogens is 12. The lowest BCUT2D eigenvalue weighted by Crippen LogP contribution is -2.31. The number of unbranched alkanes of at least 4 members (excludes halogenated alkanes) is 12. The number of hydrogen-bond donors (Lipinski definition) is 10. The van der Waals surface area contributed by atoms with Crippen LogP contribution in [0.3, 0.4) is 0 Å². The van der Waals surface area contributed by atoms with Crippen LogP contribution in [-0.4, -0.2) is 188 Å². The predicted octanol–water partition coefficient (Wildman–Crippen LogP) is 22.5. The number of halogens is 3. The van der Waals surface area contributed by atoms with Gasteiger partial charge < -0.3 is 61.8 Å². The molecule has 750 valence electrons. The number of benzene rings is 4. The molecule has 0 bridgehead atoms. The van der Waals surface area contributed by atoms with E-state index < -0.39 is 40.8 Å². The van der Waals surface area contributed by atoms with E-state index in [0.717, 1.165) is 91.7 Å². The Kier molecular flexibility index (Phi) is 57.0. The molecule has 7 amide bonds. The van der Waals surface area contributed by atoms with Gasteiger partial charge >= 0.3 is 5.97 Å². The Morgan fingerprint density at radius 3 is 1.16 bits per heavy atom. The first-order chi connectivity index (χ1) is 66.6. The summed E-state index contributed by atoms with van der Waals surface area (Å²) >= 11 is 26.2. The van der Waals surface area contributed by atoms with E-state index in [0.29, 0.717) is 97.1 Å². The number of carbonyl (C=O) groups excluding carboxylic acids is 9. The fourth-order valence-corrected chi connectivity index (χ4v) is 18.0. The Morgan fingerprint density at radius 2 is 0.768 bits per heavy atom. The summed E-state index contributed by atoms with van der Waals surface area (Å²) < 4.78 is 12.9. The number of hydrogen-bond acceptors (Lipinski definition) is 25. The zero-order valence-corrected chi connectivity index (χ0v) is 86.5. The van der Waals surface area contributed by atoms with Crippen molar-refractivity contribution >= 4 is 214 Å². The molecule has 0 spiro atoms. The van der Waals surface area contributed by atoms with Crippen LogP contribution in [0, 0.1) is 27.7 Å². The van der Waals surface area contributed by atoms with Gasteiger partial charge in [-0.1, -0.05) is 138 Å². The van der Waals surface area contributed by atoms with Crippen molar-refractivity contribution in [2.24, 2.45) is 0 Å². The smallest absolute Gasteiger partial charge is 0.303 e. The van der Waals surface area contributed by atoms with Crippen molar-refractivity contribution in [3.63, 3.8) is 0 Å². The number of ether oxygens (including phenoxy) is 2. The third-order valence-corrected chi connectivity index (χ3v) is 26.5. The highest BCUT2D eigenvalue weighted by molar-refractivity contribution is 7.99. The first kappa shape index (κ1) is 116. The summed E-state index contributed by atoms with van der Waals surface area (Å²) in [5, 5.41) is 26.7. The minimum atomic E-state index is -1.35. The zero-order valence-electron chi connectivity index (χ0n) is 81.0. The number of H-pyrrole nitrogens is 2. The highest BCUT2D eigenvalue weighted by Gasteiger charge is 2.30. The molecule has 0 saturated carbocycles. The zero-order chi connectivity index (χ0) is 100. The van der Waals surface area contributed by atoms with Crippen molar-refractivity contribution in [1.82, 2.24) is 59.4 Å². The molecule has 32 nitrogen and oxygen atoms in total. The maximum absolute atomic E-state index is 13.6. The van der Waals surface area contributed by atoms with Gasteiger partial charge in [-0.2, -0.15) is 47.0 Å². The van der Waals surface area contributed by atoms with Crippen LogP contribution in [0.4, 0.5) is 40.2 Å². The van der Waals surface area contributed by atoms with Crippen LogP contribution < -0.4 is 46.7 Å². The van der Waals surface area contributed by atoms with Crippen molar-refractivity contribution < 1.29 is 62.5 Å². The first-order valence-electron chi connectivity index (χ1n) is 47.4. The van der Waals surface area contributed by atoms with Crippen LogP contribution in [0.25, 0.3) is 33.5 Å². The minimum Gasteiger partial charge on any atom is -0.493 e. The average Bonchev–Trinajstić information content (AvgIpc) is 1.62. The summed E-state index contributed by atoms with van der Waals surface area (Å²) in [5.74, 6) is 8.79. The average molecular weight is 2030 g/mol. The van der Waals surface area contributed by atoms with Crippen molar-refractivity contribution in [2.45, 2.75) is 260 Å². The van der Waals surface area contributed by atoms with Crippen LogP contribution >= 0.6 is 81.9 Å². The molecule has 138 heavy (non-hydrogen) atoms. The molecule has 6 aromatic heterocycles. The van der Waals surface area contributed by atoms with Crippen molar-refractivity contribution in [2.75, 3.05) is 96.5 Å².